The van der Waals surface area contributed by atoms with Gasteiger partial charge in [0, 0.05) is 24.4 Å². The van der Waals surface area contributed by atoms with Crippen LogP contribution in [0.1, 0.15) is 99.3 Å². The molecule has 3 aliphatic heterocycles. The molecule has 0 amide bonds. The van der Waals surface area contributed by atoms with Gasteiger partial charge < -0.3 is 64.5 Å². The fourth-order valence-electron chi connectivity index (χ4n) is 13.2. The van der Waals surface area contributed by atoms with E-state index in [4.69, 9.17) is 23.7 Å². The number of ether oxygens (including phenoxy) is 5. The van der Waals surface area contributed by atoms with E-state index < -0.39 is 79.2 Å². The van der Waals surface area contributed by atoms with Crippen molar-refractivity contribution < 1.29 is 64.5 Å². The highest BCUT2D eigenvalue weighted by atomic mass is 16.8. The Hall–Kier alpha value is -0.780. The van der Waals surface area contributed by atoms with Crippen LogP contribution in [0.25, 0.3) is 0 Å². The van der Waals surface area contributed by atoms with Crippen LogP contribution in [0.15, 0.2) is 11.6 Å². The molecule has 0 spiro atoms. The fourth-order valence-corrected chi connectivity index (χ4v) is 13.2. The first kappa shape index (κ1) is 40.0. The fraction of sp³-hybridized carbons (Fsp3) is 0.951. The van der Waals surface area contributed by atoms with Gasteiger partial charge in [-0.2, -0.15) is 0 Å². The van der Waals surface area contributed by atoms with Gasteiger partial charge >= 0.3 is 0 Å². The molecule has 54 heavy (non-hydrogen) atoms. The SMILES string of the molecule is CC1OC2(OC3C(O)[C@H](O)C(CO)O[C@H]3OC3CC[C@@]4(C)C(=CC[C@@H]5[C@@H]4CC[C@@]4(C)[C@H]5CC5OC(O)(CC[C@@H](C)CO)[C@@H](C)C54C)C3)C(C(O)[C@H]1O)[C@@H]2O. The van der Waals surface area contributed by atoms with Crippen molar-refractivity contribution in [2.24, 2.45) is 51.8 Å². The van der Waals surface area contributed by atoms with Crippen molar-refractivity contribution in [2.75, 3.05) is 13.2 Å². The third kappa shape index (κ3) is 5.58. The molecular weight excluding hydrogens is 700 g/mol. The molecule has 22 atom stereocenters. The minimum absolute atomic E-state index is 0.0117. The third-order valence-corrected chi connectivity index (χ3v) is 17.2. The van der Waals surface area contributed by atoms with Gasteiger partial charge in [0.15, 0.2) is 12.1 Å². The lowest BCUT2D eigenvalue weighted by Crippen LogP contribution is -2.63. The van der Waals surface area contributed by atoms with E-state index in [9.17, 15) is 40.9 Å². The van der Waals surface area contributed by atoms with Crippen molar-refractivity contribution >= 4 is 0 Å². The molecule has 4 saturated carbocycles. The molecule has 3 saturated heterocycles. The van der Waals surface area contributed by atoms with Gasteiger partial charge in [-0.15, -0.1) is 0 Å². The zero-order chi connectivity index (χ0) is 38.9. The maximum Gasteiger partial charge on any atom is 0.204 e. The number of fused-ring (bicyclic) bond motifs is 8. The van der Waals surface area contributed by atoms with E-state index in [0.29, 0.717) is 30.6 Å². The first-order chi connectivity index (χ1) is 25.4. The summed E-state index contributed by atoms with van der Waals surface area (Å²) in [7, 11) is 0. The Morgan fingerprint density at radius 3 is 2.37 bits per heavy atom. The number of aliphatic hydroxyl groups is 8. The summed E-state index contributed by atoms with van der Waals surface area (Å²) in [4.78, 5) is 0. The molecule has 0 aromatic carbocycles. The Labute approximate surface area is 319 Å². The van der Waals surface area contributed by atoms with Gasteiger partial charge in [0.25, 0.3) is 0 Å². The predicted octanol–water partition coefficient (Wildman–Crippen LogP) is 1.73. The zero-order valence-electron chi connectivity index (χ0n) is 32.8. The van der Waals surface area contributed by atoms with Crippen molar-refractivity contribution in [3.63, 3.8) is 0 Å². The van der Waals surface area contributed by atoms with Crippen LogP contribution in [-0.2, 0) is 23.7 Å². The zero-order valence-corrected chi connectivity index (χ0v) is 32.8. The van der Waals surface area contributed by atoms with Crippen LogP contribution < -0.4 is 0 Å². The Bertz CT molecular complexity index is 1450. The summed E-state index contributed by atoms with van der Waals surface area (Å²) < 4.78 is 31.4. The van der Waals surface area contributed by atoms with Crippen LogP contribution in [0.2, 0.25) is 0 Å². The van der Waals surface area contributed by atoms with E-state index in [1.807, 2.05) is 6.92 Å². The summed E-state index contributed by atoms with van der Waals surface area (Å²) in [6, 6.07) is 0. The topological polar surface area (TPSA) is 208 Å². The average Bonchev–Trinajstić information content (AvgIpc) is 3.56. The highest BCUT2D eigenvalue weighted by Gasteiger charge is 2.77. The highest BCUT2D eigenvalue weighted by molar-refractivity contribution is 5.28. The molecular formula is C41H66O13. The van der Waals surface area contributed by atoms with Crippen LogP contribution in [0.3, 0.4) is 0 Å². The molecule has 11 unspecified atom stereocenters. The third-order valence-electron chi connectivity index (χ3n) is 17.2. The smallest absolute Gasteiger partial charge is 0.204 e. The maximum absolute atomic E-state index is 11.8. The summed E-state index contributed by atoms with van der Waals surface area (Å²) in [6.07, 6.45) is -1.64. The monoisotopic (exact) mass is 766 g/mol. The van der Waals surface area contributed by atoms with E-state index in [-0.39, 0.29) is 46.9 Å². The Morgan fingerprint density at radius 1 is 0.926 bits per heavy atom. The van der Waals surface area contributed by atoms with Gasteiger partial charge in [-0.3, -0.25) is 0 Å². The number of hydrogen-bond acceptors (Lipinski definition) is 13. The minimum atomic E-state index is -1.71. The molecule has 13 nitrogen and oxygen atoms in total. The molecule has 7 fully saturated rings. The molecule has 0 radical (unpaired) electrons. The predicted molar refractivity (Wildman–Crippen MR) is 192 cm³/mol. The normalized spacial score (nSPS) is 58.3. The molecule has 3 heterocycles. The molecule has 8 rings (SSSR count). The Kier molecular flexibility index (Phi) is 10.1. The van der Waals surface area contributed by atoms with E-state index in [0.717, 1.165) is 44.9 Å². The summed E-state index contributed by atoms with van der Waals surface area (Å²) in [5.41, 5.74) is 1.21. The quantitative estimate of drug-likeness (QED) is 0.158. The Balaban J connectivity index is 0.977. The first-order valence-electron chi connectivity index (χ1n) is 20.8. The maximum atomic E-state index is 11.8. The largest absolute Gasteiger partial charge is 0.396 e. The van der Waals surface area contributed by atoms with Gasteiger partial charge in [0.2, 0.25) is 5.79 Å². The lowest BCUT2D eigenvalue weighted by molar-refractivity contribution is -0.366. The second kappa shape index (κ2) is 13.6. The molecule has 308 valence electrons. The lowest BCUT2D eigenvalue weighted by atomic mass is 9.44. The van der Waals surface area contributed by atoms with Crippen LogP contribution in [0.5, 0.6) is 0 Å². The van der Waals surface area contributed by atoms with Crippen molar-refractivity contribution in [1.82, 2.24) is 0 Å². The first-order valence-corrected chi connectivity index (χ1v) is 20.8. The van der Waals surface area contributed by atoms with Gasteiger partial charge in [0.05, 0.1) is 36.9 Å². The second-order valence-electron chi connectivity index (χ2n) is 19.5. The second-order valence-corrected chi connectivity index (χ2v) is 19.5. The van der Waals surface area contributed by atoms with E-state index in [1.165, 1.54) is 5.57 Å². The van der Waals surface area contributed by atoms with Crippen molar-refractivity contribution in [2.45, 2.75) is 178 Å². The molecule has 0 aromatic rings. The highest BCUT2D eigenvalue weighted by Crippen LogP contribution is 2.75. The summed E-state index contributed by atoms with van der Waals surface area (Å²) in [5.74, 6) is -2.28. The standard InChI is InChI=1S/C41H66O13/c1-19(17-42)9-14-40(49)21(3)39(6)28(53-40)16-26-24-8-7-22-15-23(10-12-37(22,4)25(24)11-13-38(26,39)5)50-36-34(33(47)31(45)27(18-43)51-36)54-41-29(35(41)48)32(46)30(44)20(2)52-41/h7,19-21,23-36,42-49H,8-18H2,1-6H3/t19-,20?,21+,23?,24-,25+,26+,27?,28?,29?,30+,31-,32?,33?,34?,35+,36-,37+,38+,39?,40?,41?/m1/s1. The summed E-state index contributed by atoms with van der Waals surface area (Å²) in [6.45, 7) is 12.5. The number of allylic oxidation sites excluding steroid dienone is 1. The van der Waals surface area contributed by atoms with E-state index in [1.54, 1.807) is 6.92 Å². The minimum Gasteiger partial charge on any atom is -0.396 e. The van der Waals surface area contributed by atoms with Gasteiger partial charge in [0.1, 0.15) is 36.6 Å². The number of rotatable bonds is 9. The van der Waals surface area contributed by atoms with Crippen LogP contribution in [-0.4, -0.2) is 133 Å². The summed E-state index contributed by atoms with van der Waals surface area (Å²) in [5, 5.41) is 85.4. The average molecular weight is 767 g/mol. The van der Waals surface area contributed by atoms with Crippen LogP contribution >= 0.6 is 0 Å². The van der Waals surface area contributed by atoms with E-state index >= 15 is 0 Å². The van der Waals surface area contributed by atoms with Crippen molar-refractivity contribution in [1.29, 1.82) is 0 Å². The van der Waals surface area contributed by atoms with Gasteiger partial charge in [-0.05, 0) is 92.8 Å². The van der Waals surface area contributed by atoms with Crippen molar-refractivity contribution in [3.8, 4) is 0 Å². The molecule has 13 heteroatoms. The number of hydrogen-bond donors (Lipinski definition) is 8. The van der Waals surface area contributed by atoms with Gasteiger partial charge in [-0.25, -0.2) is 0 Å². The lowest BCUT2D eigenvalue weighted by Gasteiger charge is -2.60. The Morgan fingerprint density at radius 2 is 1.67 bits per heavy atom. The molecule has 8 N–H and O–H groups in total. The molecule has 5 aliphatic carbocycles. The molecule has 8 aliphatic rings. The summed E-state index contributed by atoms with van der Waals surface area (Å²) >= 11 is 0. The van der Waals surface area contributed by atoms with Crippen molar-refractivity contribution in [3.05, 3.63) is 11.6 Å². The van der Waals surface area contributed by atoms with Gasteiger partial charge in [-0.1, -0.05) is 46.3 Å². The van der Waals surface area contributed by atoms with Crippen LogP contribution in [0, 0.1) is 51.8 Å². The van der Waals surface area contributed by atoms with E-state index in [2.05, 4.69) is 33.8 Å². The molecule has 0 bridgehead atoms. The number of aliphatic hydroxyl groups excluding tert-OH is 7. The van der Waals surface area contributed by atoms with Crippen LogP contribution in [0.4, 0.5) is 0 Å². The molecule has 0 aromatic heterocycles.